The number of para-hydroxylation sites is 1. The summed E-state index contributed by atoms with van der Waals surface area (Å²) in [5.41, 5.74) is 0.924. The van der Waals surface area contributed by atoms with Crippen molar-refractivity contribution in [2.24, 2.45) is 0 Å². The highest BCUT2D eigenvalue weighted by Crippen LogP contribution is 2.21. The van der Waals surface area contributed by atoms with Crippen LogP contribution in [-0.2, 0) is 17.8 Å². The van der Waals surface area contributed by atoms with Crippen LogP contribution in [0, 0.1) is 28.4 Å². The van der Waals surface area contributed by atoms with Gasteiger partial charge in [0.25, 0.3) is 11.2 Å². The summed E-state index contributed by atoms with van der Waals surface area (Å²) in [6, 6.07) is 8.12. The maximum absolute atomic E-state index is 12.3. The Morgan fingerprint density at radius 1 is 1.44 bits per heavy atom. The molecule has 0 spiro atoms. The van der Waals surface area contributed by atoms with Crippen LogP contribution in [0.2, 0.25) is 0 Å². The average molecular weight is 340 g/mol. The molecule has 2 aromatic rings. The topological polar surface area (TPSA) is 118 Å². The third kappa shape index (κ3) is 3.90. The highest BCUT2D eigenvalue weighted by molar-refractivity contribution is 5.92. The van der Waals surface area contributed by atoms with E-state index in [4.69, 9.17) is 5.26 Å². The number of nitrogens with zero attached hydrogens (tertiary/aromatic N) is 3. The van der Waals surface area contributed by atoms with Gasteiger partial charge in [-0.3, -0.25) is 24.3 Å². The molecule has 0 saturated heterocycles. The van der Waals surface area contributed by atoms with Crippen molar-refractivity contribution in [2.45, 2.75) is 26.8 Å². The lowest BCUT2D eigenvalue weighted by Crippen LogP contribution is -2.29. The molecule has 0 fully saturated rings. The molecule has 1 amide bonds. The van der Waals surface area contributed by atoms with E-state index in [-0.39, 0.29) is 5.56 Å². The van der Waals surface area contributed by atoms with Gasteiger partial charge in [-0.25, -0.2) is 0 Å². The summed E-state index contributed by atoms with van der Waals surface area (Å²) in [6.45, 7) is 3.38. The molecule has 1 heterocycles. The van der Waals surface area contributed by atoms with E-state index in [1.165, 1.54) is 0 Å². The van der Waals surface area contributed by atoms with Gasteiger partial charge >= 0.3 is 0 Å². The average Bonchev–Trinajstić information content (AvgIpc) is 2.58. The van der Waals surface area contributed by atoms with E-state index in [1.807, 2.05) is 32.0 Å². The zero-order chi connectivity index (χ0) is 18.6. The number of pyridine rings is 1. The van der Waals surface area contributed by atoms with E-state index >= 15 is 0 Å². The molecule has 2 rings (SSSR count). The van der Waals surface area contributed by atoms with Crippen molar-refractivity contribution in [3.8, 4) is 6.07 Å². The molecule has 0 aliphatic rings. The summed E-state index contributed by atoms with van der Waals surface area (Å²) in [6.07, 6.45) is 1.67. The second-order valence-corrected chi connectivity index (χ2v) is 5.42. The molecule has 128 valence electrons. The number of aryl methyl sites for hydroxylation is 2. The van der Waals surface area contributed by atoms with Gasteiger partial charge in [-0.15, -0.1) is 0 Å². The summed E-state index contributed by atoms with van der Waals surface area (Å²) in [4.78, 5) is 34.6. The molecule has 0 bridgehead atoms. The highest BCUT2D eigenvalue weighted by atomic mass is 16.6. The molecule has 1 aromatic heterocycles. The quantitative estimate of drug-likeness (QED) is 0.661. The molecule has 0 atom stereocenters. The number of carbonyl (C=O) groups is 1. The lowest BCUT2D eigenvalue weighted by Gasteiger charge is -2.13. The van der Waals surface area contributed by atoms with Crippen LogP contribution in [0.5, 0.6) is 0 Å². The fourth-order valence-corrected chi connectivity index (χ4v) is 2.45. The Hall–Kier alpha value is -3.47. The minimum Gasteiger partial charge on any atom is -0.324 e. The number of benzene rings is 1. The Bertz CT molecular complexity index is 941. The molecule has 0 aliphatic heterocycles. The number of hydrogen-bond acceptors (Lipinski definition) is 5. The Morgan fingerprint density at radius 2 is 2.16 bits per heavy atom. The normalized spacial score (nSPS) is 10.1. The largest absolute Gasteiger partial charge is 0.324 e. The van der Waals surface area contributed by atoms with Crippen molar-refractivity contribution in [1.29, 1.82) is 5.26 Å². The van der Waals surface area contributed by atoms with E-state index in [1.54, 1.807) is 6.07 Å². The van der Waals surface area contributed by atoms with Crippen LogP contribution in [0.25, 0.3) is 0 Å². The Labute approximate surface area is 143 Å². The molecule has 0 unspecified atom stereocenters. The monoisotopic (exact) mass is 340 g/mol. The summed E-state index contributed by atoms with van der Waals surface area (Å²) < 4.78 is 0.871. The van der Waals surface area contributed by atoms with Crippen LogP contribution in [0.15, 0.2) is 35.3 Å². The fraction of sp³-hybridized carbons (Fsp3) is 0.235. The number of nitrogens with one attached hydrogen (secondary N) is 1. The predicted molar refractivity (Wildman–Crippen MR) is 91.3 cm³/mol. The van der Waals surface area contributed by atoms with Crippen molar-refractivity contribution >= 4 is 17.3 Å². The molecule has 8 nitrogen and oxygen atoms in total. The van der Waals surface area contributed by atoms with E-state index < -0.39 is 28.6 Å². The number of hydrogen-bond donors (Lipinski definition) is 1. The van der Waals surface area contributed by atoms with Crippen molar-refractivity contribution in [3.05, 3.63) is 67.6 Å². The fourth-order valence-electron chi connectivity index (χ4n) is 2.45. The zero-order valence-electron chi connectivity index (χ0n) is 13.8. The maximum Gasteiger partial charge on any atom is 0.287 e. The van der Waals surface area contributed by atoms with Crippen molar-refractivity contribution in [1.82, 2.24) is 4.57 Å². The van der Waals surface area contributed by atoms with Crippen molar-refractivity contribution in [3.63, 3.8) is 0 Å². The van der Waals surface area contributed by atoms with Crippen LogP contribution in [0.4, 0.5) is 11.4 Å². The second-order valence-electron chi connectivity index (χ2n) is 5.42. The summed E-state index contributed by atoms with van der Waals surface area (Å²) in [7, 11) is 0. The number of anilines is 1. The van der Waals surface area contributed by atoms with Crippen LogP contribution in [0.3, 0.4) is 0 Å². The van der Waals surface area contributed by atoms with Gasteiger partial charge in [0, 0.05) is 11.8 Å². The number of carbonyl (C=O) groups excluding carboxylic acids is 1. The van der Waals surface area contributed by atoms with Crippen LogP contribution < -0.4 is 10.9 Å². The maximum atomic E-state index is 12.3. The Balaban J connectivity index is 2.33. The summed E-state index contributed by atoms with van der Waals surface area (Å²) in [5, 5.41) is 22.6. The number of nitro groups is 1. The first-order chi connectivity index (χ1) is 11.9. The van der Waals surface area contributed by atoms with E-state index in [9.17, 15) is 19.7 Å². The van der Waals surface area contributed by atoms with Gasteiger partial charge in [-0.1, -0.05) is 25.1 Å². The number of amides is 1. The minimum absolute atomic E-state index is 0.382. The Morgan fingerprint density at radius 3 is 2.76 bits per heavy atom. The molecule has 0 saturated carbocycles. The lowest BCUT2D eigenvalue weighted by atomic mass is 10.1. The van der Waals surface area contributed by atoms with Gasteiger partial charge in [0.2, 0.25) is 5.91 Å². The molecule has 0 aliphatic carbocycles. The SMILES string of the molecule is CCc1cccc(C)c1NC(=O)Cn1cc([N+](=O)[O-])cc(C#N)c1=O. The van der Waals surface area contributed by atoms with Gasteiger partial charge in [0.05, 0.1) is 11.1 Å². The third-order valence-corrected chi connectivity index (χ3v) is 3.72. The molecule has 1 N–H and O–H groups in total. The van der Waals surface area contributed by atoms with Crippen LogP contribution >= 0.6 is 0 Å². The third-order valence-electron chi connectivity index (χ3n) is 3.72. The standard InChI is InChI=1S/C17H16N4O4/c1-3-12-6-4-5-11(2)16(12)19-15(22)10-20-9-14(21(24)25)7-13(8-18)17(20)23/h4-7,9H,3,10H2,1-2H3,(H,19,22). The summed E-state index contributed by atoms with van der Waals surface area (Å²) in [5.74, 6) is -0.504. The van der Waals surface area contributed by atoms with Crippen molar-refractivity contribution < 1.29 is 9.72 Å². The molecular weight excluding hydrogens is 324 g/mol. The molecule has 0 radical (unpaired) electrons. The van der Waals surface area contributed by atoms with Crippen LogP contribution in [-0.4, -0.2) is 15.4 Å². The first kappa shape index (κ1) is 17.9. The van der Waals surface area contributed by atoms with Crippen LogP contribution in [0.1, 0.15) is 23.6 Å². The minimum atomic E-state index is -0.747. The Kier molecular flexibility index (Phi) is 5.29. The molecule has 1 aromatic carbocycles. The van der Waals surface area contributed by atoms with E-state index in [0.29, 0.717) is 12.1 Å². The number of rotatable bonds is 5. The number of aromatic nitrogens is 1. The summed E-state index contributed by atoms with van der Waals surface area (Å²) >= 11 is 0. The zero-order valence-corrected chi connectivity index (χ0v) is 13.8. The first-order valence-corrected chi connectivity index (χ1v) is 7.54. The highest BCUT2D eigenvalue weighted by Gasteiger charge is 2.16. The van der Waals surface area contributed by atoms with Gasteiger partial charge in [-0.05, 0) is 24.5 Å². The predicted octanol–water partition coefficient (Wildman–Crippen LogP) is 2.14. The van der Waals surface area contributed by atoms with Crippen molar-refractivity contribution in [2.75, 3.05) is 5.32 Å². The van der Waals surface area contributed by atoms with E-state index in [2.05, 4.69) is 5.32 Å². The first-order valence-electron chi connectivity index (χ1n) is 7.54. The molecule has 8 heteroatoms. The molecule has 25 heavy (non-hydrogen) atoms. The lowest BCUT2D eigenvalue weighted by molar-refractivity contribution is -0.385. The van der Waals surface area contributed by atoms with Gasteiger partial charge in [0.15, 0.2) is 0 Å². The van der Waals surface area contributed by atoms with Gasteiger partial charge in [-0.2, -0.15) is 5.26 Å². The second kappa shape index (κ2) is 7.40. The smallest absolute Gasteiger partial charge is 0.287 e. The van der Waals surface area contributed by atoms with Gasteiger partial charge < -0.3 is 5.32 Å². The number of nitriles is 1. The molecular formula is C17H16N4O4. The van der Waals surface area contributed by atoms with Gasteiger partial charge in [0.1, 0.15) is 18.2 Å². The van der Waals surface area contributed by atoms with E-state index in [0.717, 1.165) is 28.0 Å².